The van der Waals surface area contributed by atoms with Crippen LogP contribution < -0.4 is 0 Å². The molecule has 24 heavy (non-hydrogen) atoms. The fourth-order valence-corrected chi connectivity index (χ4v) is 2.91. The third kappa shape index (κ3) is 3.77. The van der Waals surface area contributed by atoms with Crippen LogP contribution in [0, 0.1) is 0 Å². The number of amides is 1. The van der Waals surface area contributed by atoms with Crippen molar-refractivity contribution in [1.29, 1.82) is 0 Å². The highest BCUT2D eigenvalue weighted by atomic mass is 35.5. The van der Waals surface area contributed by atoms with Crippen molar-refractivity contribution in [2.45, 2.75) is 26.3 Å². The molecule has 3 rings (SSSR count). The summed E-state index contributed by atoms with van der Waals surface area (Å²) in [5.74, 6) is 0.955. The van der Waals surface area contributed by atoms with Crippen LogP contribution in [0.4, 0.5) is 0 Å². The third-order valence-electron chi connectivity index (χ3n) is 4.07. The predicted molar refractivity (Wildman–Crippen MR) is 97.0 cm³/mol. The summed E-state index contributed by atoms with van der Waals surface area (Å²) in [4.78, 5) is 22.1. The summed E-state index contributed by atoms with van der Waals surface area (Å²) in [5, 5.41) is 0.695. The third-order valence-corrected chi connectivity index (χ3v) is 4.44. The predicted octanol–water partition coefficient (Wildman–Crippen LogP) is 4.20. The van der Waals surface area contributed by atoms with E-state index in [2.05, 4.69) is 9.97 Å². The second-order valence-electron chi connectivity index (χ2n) is 5.70. The van der Waals surface area contributed by atoms with Crippen molar-refractivity contribution >= 4 is 28.5 Å². The number of H-pyrrole nitrogens is 1. The minimum atomic E-state index is 0.109. The van der Waals surface area contributed by atoms with Gasteiger partial charge in [0.1, 0.15) is 5.82 Å². The van der Waals surface area contributed by atoms with Crippen molar-refractivity contribution in [3.63, 3.8) is 0 Å². The number of nitrogens with zero attached hydrogens (tertiary/aromatic N) is 2. The van der Waals surface area contributed by atoms with E-state index in [0.29, 0.717) is 31.0 Å². The van der Waals surface area contributed by atoms with E-state index in [0.717, 1.165) is 22.4 Å². The SMILES string of the molecule is CCN(Cc1ccccc1Cl)C(=O)CCc1nc2ccccc2[nH]1. The molecule has 1 aromatic heterocycles. The van der Waals surface area contributed by atoms with E-state index in [9.17, 15) is 4.79 Å². The molecule has 124 valence electrons. The molecule has 1 heterocycles. The number of carbonyl (C=O) groups is 1. The van der Waals surface area contributed by atoms with Gasteiger partial charge in [0.15, 0.2) is 0 Å². The van der Waals surface area contributed by atoms with Crippen molar-refractivity contribution in [2.75, 3.05) is 6.54 Å². The zero-order valence-corrected chi connectivity index (χ0v) is 14.4. The maximum atomic E-state index is 12.5. The van der Waals surface area contributed by atoms with E-state index in [1.54, 1.807) is 0 Å². The van der Waals surface area contributed by atoms with Crippen LogP contribution in [0.3, 0.4) is 0 Å². The number of hydrogen-bond acceptors (Lipinski definition) is 2. The molecule has 0 spiro atoms. The van der Waals surface area contributed by atoms with Crippen molar-refractivity contribution in [1.82, 2.24) is 14.9 Å². The van der Waals surface area contributed by atoms with Crippen molar-refractivity contribution in [3.8, 4) is 0 Å². The van der Waals surface area contributed by atoms with Gasteiger partial charge in [0.25, 0.3) is 0 Å². The largest absolute Gasteiger partial charge is 0.342 e. The molecule has 2 aromatic carbocycles. The van der Waals surface area contributed by atoms with Crippen LogP contribution in [0.25, 0.3) is 11.0 Å². The minimum Gasteiger partial charge on any atom is -0.342 e. The van der Waals surface area contributed by atoms with Gasteiger partial charge in [0, 0.05) is 31.0 Å². The van der Waals surface area contributed by atoms with Gasteiger partial charge in [0.2, 0.25) is 5.91 Å². The highest BCUT2D eigenvalue weighted by Gasteiger charge is 2.14. The Labute approximate surface area is 146 Å². The molecule has 0 aliphatic heterocycles. The zero-order valence-electron chi connectivity index (χ0n) is 13.6. The highest BCUT2D eigenvalue weighted by molar-refractivity contribution is 6.31. The molecular weight excluding hydrogens is 322 g/mol. The normalized spacial score (nSPS) is 10.9. The lowest BCUT2D eigenvalue weighted by molar-refractivity contribution is -0.131. The molecule has 1 amide bonds. The molecule has 0 saturated heterocycles. The second-order valence-corrected chi connectivity index (χ2v) is 6.11. The molecule has 0 unspecified atom stereocenters. The van der Waals surface area contributed by atoms with E-state index < -0.39 is 0 Å². The number of rotatable bonds is 6. The molecule has 0 aliphatic carbocycles. The number of hydrogen-bond donors (Lipinski definition) is 1. The second kappa shape index (κ2) is 7.49. The minimum absolute atomic E-state index is 0.109. The first-order valence-corrected chi connectivity index (χ1v) is 8.50. The van der Waals surface area contributed by atoms with Gasteiger partial charge >= 0.3 is 0 Å². The van der Waals surface area contributed by atoms with Gasteiger partial charge < -0.3 is 9.88 Å². The number of halogens is 1. The van der Waals surface area contributed by atoms with Crippen LogP contribution in [0.1, 0.15) is 24.7 Å². The molecule has 0 bridgehead atoms. The monoisotopic (exact) mass is 341 g/mol. The summed E-state index contributed by atoms with van der Waals surface area (Å²) >= 11 is 6.20. The zero-order chi connectivity index (χ0) is 16.9. The van der Waals surface area contributed by atoms with Crippen LogP contribution in [-0.2, 0) is 17.8 Å². The highest BCUT2D eigenvalue weighted by Crippen LogP contribution is 2.18. The molecule has 0 radical (unpaired) electrons. The summed E-state index contributed by atoms with van der Waals surface area (Å²) in [6.07, 6.45) is 1.03. The lowest BCUT2D eigenvalue weighted by Gasteiger charge is -2.21. The van der Waals surface area contributed by atoms with Gasteiger partial charge in [-0.05, 0) is 30.7 Å². The van der Waals surface area contributed by atoms with Crippen molar-refractivity contribution in [3.05, 3.63) is 64.9 Å². The molecule has 0 atom stereocenters. The number of fused-ring (bicyclic) bond motifs is 1. The maximum Gasteiger partial charge on any atom is 0.223 e. The number of aromatic nitrogens is 2. The van der Waals surface area contributed by atoms with Gasteiger partial charge in [-0.1, -0.05) is 41.9 Å². The number of aromatic amines is 1. The summed E-state index contributed by atoms with van der Waals surface area (Å²) in [6, 6.07) is 15.5. The van der Waals surface area contributed by atoms with Gasteiger partial charge in [0.05, 0.1) is 11.0 Å². The lowest BCUT2D eigenvalue weighted by atomic mass is 10.2. The topological polar surface area (TPSA) is 49.0 Å². The van der Waals surface area contributed by atoms with Crippen LogP contribution >= 0.6 is 11.6 Å². The van der Waals surface area contributed by atoms with Crippen LogP contribution in [0.5, 0.6) is 0 Å². The average Bonchev–Trinajstić information content (AvgIpc) is 3.02. The van der Waals surface area contributed by atoms with Crippen LogP contribution in [-0.4, -0.2) is 27.3 Å². The van der Waals surface area contributed by atoms with Gasteiger partial charge in [-0.25, -0.2) is 4.98 Å². The first-order valence-electron chi connectivity index (χ1n) is 8.12. The maximum absolute atomic E-state index is 12.5. The molecule has 0 saturated carbocycles. The molecule has 3 aromatic rings. The summed E-state index contributed by atoms with van der Waals surface area (Å²) in [7, 11) is 0. The summed E-state index contributed by atoms with van der Waals surface area (Å²) in [5.41, 5.74) is 2.91. The van der Waals surface area contributed by atoms with Crippen molar-refractivity contribution < 1.29 is 4.79 Å². The number of imidazole rings is 1. The molecule has 0 aliphatic rings. The molecule has 4 nitrogen and oxygen atoms in total. The Kier molecular flexibility index (Phi) is 5.16. The Bertz CT molecular complexity index is 810. The number of para-hydroxylation sites is 2. The summed E-state index contributed by atoms with van der Waals surface area (Å²) < 4.78 is 0. The fraction of sp³-hybridized carbons (Fsp3) is 0.263. The molecule has 5 heteroatoms. The quantitative estimate of drug-likeness (QED) is 0.730. The van der Waals surface area contributed by atoms with E-state index in [1.165, 1.54) is 0 Å². The fourth-order valence-electron chi connectivity index (χ4n) is 2.72. The number of carbonyl (C=O) groups excluding carboxylic acids is 1. The number of aryl methyl sites for hydroxylation is 1. The Morgan fingerprint density at radius 3 is 2.67 bits per heavy atom. The van der Waals surface area contributed by atoms with Gasteiger partial charge in [-0.15, -0.1) is 0 Å². The Morgan fingerprint density at radius 1 is 1.17 bits per heavy atom. The standard InChI is InChI=1S/C19H20ClN3O/c1-2-23(13-14-7-3-4-8-15(14)20)19(24)12-11-18-21-16-9-5-6-10-17(16)22-18/h3-10H,2,11-13H2,1H3,(H,21,22). The van der Waals surface area contributed by atoms with E-state index >= 15 is 0 Å². The van der Waals surface area contributed by atoms with E-state index in [1.807, 2.05) is 60.4 Å². The van der Waals surface area contributed by atoms with Gasteiger partial charge in [-0.2, -0.15) is 0 Å². The van der Waals surface area contributed by atoms with Crippen molar-refractivity contribution in [2.24, 2.45) is 0 Å². The Balaban J connectivity index is 1.63. The lowest BCUT2D eigenvalue weighted by Crippen LogP contribution is -2.30. The number of nitrogens with one attached hydrogen (secondary N) is 1. The van der Waals surface area contributed by atoms with E-state index in [4.69, 9.17) is 11.6 Å². The summed E-state index contributed by atoms with van der Waals surface area (Å²) in [6.45, 7) is 3.18. The smallest absolute Gasteiger partial charge is 0.223 e. The first kappa shape index (κ1) is 16.5. The van der Waals surface area contributed by atoms with Crippen LogP contribution in [0.2, 0.25) is 5.02 Å². The van der Waals surface area contributed by atoms with Crippen LogP contribution in [0.15, 0.2) is 48.5 Å². The molecular formula is C19H20ClN3O. The molecule has 0 fully saturated rings. The van der Waals surface area contributed by atoms with E-state index in [-0.39, 0.29) is 5.91 Å². The number of benzene rings is 2. The Hall–Kier alpha value is -2.33. The Morgan fingerprint density at radius 2 is 1.92 bits per heavy atom. The average molecular weight is 342 g/mol. The van der Waals surface area contributed by atoms with Gasteiger partial charge in [-0.3, -0.25) is 4.79 Å². The molecule has 1 N–H and O–H groups in total. The first-order chi connectivity index (χ1) is 11.7.